The Hall–Kier alpha value is -2.56. The molecule has 0 fully saturated rings. The van der Waals surface area contributed by atoms with Gasteiger partial charge >= 0.3 is 29.6 Å². The van der Waals surface area contributed by atoms with Gasteiger partial charge in [0.2, 0.25) is 10.0 Å². The van der Waals surface area contributed by atoms with E-state index >= 15 is 0 Å². The first-order chi connectivity index (χ1) is 17.8. The molecule has 38 heavy (non-hydrogen) atoms. The van der Waals surface area contributed by atoms with Crippen molar-refractivity contribution < 1.29 is 47.9 Å². The monoisotopic (exact) mass is 557 g/mol. The van der Waals surface area contributed by atoms with E-state index in [-0.39, 0.29) is 40.0 Å². The molecular weight excluding hydrogens is 533 g/mol. The van der Waals surface area contributed by atoms with Crippen LogP contribution in [0.4, 0.5) is 0 Å². The summed E-state index contributed by atoms with van der Waals surface area (Å²) in [7, 11) is -3.85. The third-order valence-electron chi connectivity index (χ3n) is 5.79. The fraction of sp³-hybridized carbons (Fsp3) is 0.143. The van der Waals surface area contributed by atoms with Gasteiger partial charge in [0.1, 0.15) is 0 Å². The third kappa shape index (κ3) is 8.47. The van der Waals surface area contributed by atoms with Gasteiger partial charge in [-0.3, -0.25) is 9.88 Å². The Labute approximate surface area is 249 Å². The summed E-state index contributed by atoms with van der Waals surface area (Å²) < 4.78 is 29.4. The fourth-order valence-corrected chi connectivity index (χ4v) is 5.30. The second kappa shape index (κ2) is 14.0. The fourth-order valence-electron chi connectivity index (χ4n) is 3.96. The summed E-state index contributed by atoms with van der Waals surface area (Å²) in [5.74, 6) is -1.24. The van der Waals surface area contributed by atoms with E-state index in [0.29, 0.717) is 24.7 Å². The molecule has 0 aliphatic carbocycles. The van der Waals surface area contributed by atoms with Gasteiger partial charge in [0, 0.05) is 37.1 Å². The molecule has 0 saturated heterocycles. The number of pyridine rings is 1. The van der Waals surface area contributed by atoms with Crippen LogP contribution in [-0.2, 0) is 23.1 Å². The number of aromatic nitrogens is 1. The number of carboxylic acids is 1. The molecule has 0 spiro atoms. The van der Waals surface area contributed by atoms with Gasteiger partial charge in [-0.05, 0) is 52.6 Å². The average Bonchev–Trinajstić information content (AvgIpc) is 2.90. The van der Waals surface area contributed by atoms with Gasteiger partial charge in [-0.1, -0.05) is 72.3 Å². The maximum atomic E-state index is 13.3. The second-order valence-electron chi connectivity index (χ2n) is 8.55. The van der Waals surface area contributed by atoms with Crippen LogP contribution in [0.3, 0.4) is 0 Å². The normalized spacial score (nSPS) is 12.1. The van der Waals surface area contributed by atoms with Crippen LogP contribution in [0.1, 0.15) is 33.1 Å². The first-order valence-corrected chi connectivity index (χ1v) is 13.4. The largest absolute Gasteiger partial charge is 1.00 e. The molecule has 1 N–H and O–H groups in total. The molecule has 1 unspecified atom stereocenters. The van der Waals surface area contributed by atoms with E-state index in [9.17, 15) is 18.3 Å². The minimum Gasteiger partial charge on any atom is -0.545 e. The van der Waals surface area contributed by atoms with Crippen LogP contribution in [-0.4, -0.2) is 30.8 Å². The maximum Gasteiger partial charge on any atom is 1.00 e. The van der Waals surface area contributed by atoms with Crippen molar-refractivity contribution in [2.75, 3.05) is 6.54 Å². The molecule has 1 aromatic heterocycles. The summed E-state index contributed by atoms with van der Waals surface area (Å²) in [6.45, 7) is 1.30. The van der Waals surface area contributed by atoms with Gasteiger partial charge in [-0.25, -0.2) is 13.1 Å². The summed E-state index contributed by atoms with van der Waals surface area (Å²) in [6.07, 6.45) is 3.46. The molecule has 0 aliphatic heterocycles. The molecule has 1 atom stereocenters. The van der Waals surface area contributed by atoms with E-state index in [1.807, 2.05) is 42.5 Å². The standard InChI is InChI=1S/C28H26ClN3O4S.Na/c29-25-12-14-26(15-13-25)37(35,36)31-27(23-6-2-1-3-7-23)20-32(19-22-5-4-16-30-17-22)18-21-8-10-24(11-9-21)28(33)34;/h1-17,27,31H,18-20H2,(H,33,34);/q;+1/p-1. The predicted molar refractivity (Wildman–Crippen MR) is 140 cm³/mol. The van der Waals surface area contributed by atoms with Crippen molar-refractivity contribution in [2.24, 2.45) is 0 Å². The molecule has 0 saturated carbocycles. The molecule has 3 aromatic carbocycles. The van der Waals surface area contributed by atoms with Gasteiger partial charge in [0.15, 0.2) is 0 Å². The van der Waals surface area contributed by atoms with Gasteiger partial charge < -0.3 is 9.90 Å². The molecule has 190 valence electrons. The molecular formula is C28H25ClN3NaO4S. The summed E-state index contributed by atoms with van der Waals surface area (Å²) in [5, 5.41) is 11.6. The third-order valence-corrected chi connectivity index (χ3v) is 7.53. The van der Waals surface area contributed by atoms with Gasteiger partial charge in [0.05, 0.1) is 16.9 Å². The van der Waals surface area contributed by atoms with Crippen LogP contribution in [0.5, 0.6) is 0 Å². The second-order valence-corrected chi connectivity index (χ2v) is 10.7. The Bertz CT molecular complexity index is 1420. The number of rotatable bonds is 11. The van der Waals surface area contributed by atoms with E-state index in [4.69, 9.17) is 11.6 Å². The van der Waals surface area contributed by atoms with Crippen molar-refractivity contribution in [3.63, 3.8) is 0 Å². The van der Waals surface area contributed by atoms with E-state index in [2.05, 4.69) is 14.6 Å². The minimum absolute atomic E-state index is 0. The molecule has 0 aliphatic rings. The molecule has 1 heterocycles. The number of hydrogen-bond donors (Lipinski definition) is 1. The smallest absolute Gasteiger partial charge is 0.545 e. The Morgan fingerprint density at radius 3 is 2.16 bits per heavy atom. The number of carbonyl (C=O) groups is 1. The summed E-state index contributed by atoms with van der Waals surface area (Å²) in [4.78, 5) is 17.6. The number of benzene rings is 3. The zero-order chi connectivity index (χ0) is 26.3. The summed E-state index contributed by atoms with van der Waals surface area (Å²) >= 11 is 5.95. The molecule has 0 bridgehead atoms. The Kier molecular flexibility index (Phi) is 11.1. The minimum atomic E-state index is -3.85. The Balaban J connectivity index is 0.00000400. The van der Waals surface area contributed by atoms with Crippen molar-refractivity contribution in [1.29, 1.82) is 0 Å². The zero-order valence-corrected chi connectivity index (χ0v) is 24.4. The first kappa shape index (κ1) is 30.0. The number of halogens is 1. The summed E-state index contributed by atoms with van der Waals surface area (Å²) in [6, 6.07) is 25.1. The van der Waals surface area contributed by atoms with Gasteiger partial charge in [0.25, 0.3) is 0 Å². The molecule has 10 heteroatoms. The van der Waals surface area contributed by atoms with Crippen molar-refractivity contribution in [3.05, 3.63) is 131 Å². The van der Waals surface area contributed by atoms with E-state index in [1.54, 1.807) is 36.7 Å². The predicted octanol–water partition coefficient (Wildman–Crippen LogP) is 0.825. The Morgan fingerprint density at radius 1 is 0.895 bits per heavy atom. The SMILES string of the molecule is O=C([O-])c1ccc(CN(Cc2cccnc2)CC(NS(=O)(=O)c2ccc(Cl)cc2)c2ccccc2)cc1.[Na+]. The summed E-state index contributed by atoms with van der Waals surface area (Å²) in [5.41, 5.74) is 2.74. The number of nitrogens with zero attached hydrogens (tertiary/aromatic N) is 2. The van der Waals surface area contributed by atoms with Crippen LogP contribution >= 0.6 is 11.6 Å². The van der Waals surface area contributed by atoms with E-state index in [0.717, 1.165) is 16.7 Å². The number of carboxylic acid groups (broad SMARTS) is 1. The van der Waals surface area contributed by atoms with Crippen LogP contribution < -0.4 is 39.4 Å². The number of aromatic carboxylic acids is 1. The van der Waals surface area contributed by atoms with Gasteiger partial charge in [-0.2, -0.15) is 0 Å². The number of carbonyl (C=O) groups excluding carboxylic acids is 1. The van der Waals surface area contributed by atoms with Crippen molar-refractivity contribution in [3.8, 4) is 0 Å². The van der Waals surface area contributed by atoms with E-state index in [1.165, 1.54) is 24.3 Å². The van der Waals surface area contributed by atoms with E-state index < -0.39 is 22.0 Å². The zero-order valence-electron chi connectivity index (χ0n) is 20.8. The van der Waals surface area contributed by atoms with Crippen LogP contribution in [0.25, 0.3) is 0 Å². The van der Waals surface area contributed by atoms with Crippen molar-refractivity contribution in [1.82, 2.24) is 14.6 Å². The van der Waals surface area contributed by atoms with Crippen LogP contribution in [0.15, 0.2) is 108 Å². The average molecular weight is 558 g/mol. The van der Waals surface area contributed by atoms with Crippen molar-refractivity contribution >= 4 is 27.6 Å². The van der Waals surface area contributed by atoms with Crippen molar-refractivity contribution in [2.45, 2.75) is 24.0 Å². The van der Waals surface area contributed by atoms with Gasteiger partial charge in [-0.15, -0.1) is 0 Å². The van der Waals surface area contributed by atoms with Crippen LogP contribution in [0.2, 0.25) is 5.02 Å². The number of hydrogen-bond acceptors (Lipinski definition) is 6. The molecule has 7 nitrogen and oxygen atoms in total. The number of sulfonamides is 1. The maximum absolute atomic E-state index is 13.3. The Morgan fingerprint density at radius 2 is 1.55 bits per heavy atom. The first-order valence-electron chi connectivity index (χ1n) is 11.5. The number of nitrogens with one attached hydrogen (secondary N) is 1. The molecule has 0 amide bonds. The molecule has 0 radical (unpaired) electrons. The quantitative estimate of drug-likeness (QED) is 0.274. The molecule has 4 aromatic rings. The van der Waals surface area contributed by atoms with Crippen LogP contribution in [0, 0.1) is 0 Å². The molecule has 4 rings (SSSR count). The topological polar surface area (TPSA) is 102 Å².